The number of carbonyl (C=O) groups excluding carboxylic acids is 2. The molecule has 0 saturated carbocycles. The smallest absolute Gasteiger partial charge is 0.415 e. The molecule has 0 aromatic heterocycles. The first-order valence-corrected chi connectivity index (χ1v) is 3.85. The molecule has 0 bridgehead atoms. The van der Waals surface area contributed by atoms with Crippen molar-refractivity contribution in [1.29, 1.82) is 0 Å². The topological polar surface area (TPSA) is 71.1 Å². The van der Waals surface area contributed by atoms with E-state index in [1.165, 1.54) is 0 Å². The third-order valence-electron chi connectivity index (χ3n) is 2.28. The van der Waals surface area contributed by atoms with Gasteiger partial charge in [-0.15, -0.1) is 0 Å². The minimum Gasteiger partial charge on any atom is -0.415 e. The van der Waals surface area contributed by atoms with E-state index >= 15 is 0 Å². The molecule has 1 spiro atoms. The average molecular weight is 188 g/mol. The van der Waals surface area contributed by atoms with Gasteiger partial charge in [-0.1, -0.05) is 6.92 Å². The third kappa shape index (κ3) is 0.824. The molecule has 0 aliphatic carbocycles. The van der Waals surface area contributed by atoms with E-state index in [4.69, 9.17) is 4.74 Å². The average Bonchev–Trinajstić information content (AvgIpc) is 2.24. The lowest BCUT2D eigenvalue weighted by molar-refractivity contribution is -0.404. The molecule has 72 valence electrons. The second kappa shape index (κ2) is 2.07. The SMILES string of the molecule is CCC1(C)OC(=O)OC12OC(=O)O2. The predicted octanol–water partition coefficient (Wildman–Crippen LogP) is 1.14. The summed E-state index contributed by atoms with van der Waals surface area (Å²) in [5.41, 5.74) is -1.06. The zero-order valence-electron chi connectivity index (χ0n) is 7.16. The van der Waals surface area contributed by atoms with Gasteiger partial charge in [-0.05, 0) is 13.3 Å². The van der Waals surface area contributed by atoms with Crippen LogP contribution in [-0.2, 0) is 18.9 Å². The standard InChI is InChI=1S/C7H8O6/c1-3-6(2)7(11-4(8)10-6)12-5(9)13-7/h3H2,1-2H3. The molecule has 0 aromatic carbocycles. The van der Waals surface area contributed by atoms with Crippen molar-refractivity contribution in [3.63, 3.8) is 0 Å². The van der Waals surface area contributed by atoms with Gasteiger partial charge in [0, 0.05) is 0 Å². The normalized spacial score (nSPS) is 34.3. The Kier molecular flexibility index (Phi) is 1.30. The number of rotatable bonds is 1. The van der Waals surface area contributed by atoms with Crippen LogP contribution in [0.1, 0.15) is 20.3 Å². The largest absolute Gasteiger partial charge is 0.520 e. The Morgan fingerprint density at radius 3 is 1.92 bits per heavy atom. The lowest BCUT2D eigenvalue weighted by Crippen LogP contribution is -2.62. The highest BCUT2D eigenvalue weighted by molar-refractivity contribution is 5.71. The van der Waals surface area contributed by atoms with Crippen LogP contribution < -0.4 is 0 Å². The fourth-order valence-electron chi connectivity index (χ4n) is 1.26. The summed E-state index contributed by atoms with van der Waals surface area (Å²) in [4.78, 5) is 21.3. The molecule has 6 heteroatoms. The van der Waals surface area contributed by atoms with Crippen molar-refractivity contribution in [2.75, 3.05) is 0 Å². The Balaban J connectivity index is 2.27. The Morgan fingerprint density at radius 2 is 1.54 bits per heavy atom. The van der Waals surface area contributed by atoms with Crippen LogP contribution in [0.3, 0.4) is 0 Å². The van der Waals surface area contributed by atoms with Crippen LogP contribution in [0.5, 0.6) is 0 Å². The molecule has 0 radical (unpaired) electrons. The van der Waals surface area contributed by atoms with Gasteiger partial charge in [0.1, 0.15) is 0 Å². The highest BCUT2D eigenvalue weighted by Gasteiger charge is 2.73. The van der Waals surface area contributed by atoms with Gasteiger partial charge in [-0.2, -0.15) is 0 Å². The van der Waals surface area contributed by atoms with E-state index in [0.717, 1.165) is 0 Å². The van der Waals surface area contributed by atoms with Gasteiger partial charge in [0.25, 0.3) is 0 Å². The van der Waals surface area contributed by atoms with Crippen molar-refractivity contribution in [1.82, 2.24) is 0 Å². The minimum atomic E-state index is -1.66. The summed E-state index contributed by atoms with van der Waals surface area (Å²) >= 11 is 0. The number of hydrogen-bond acceptors (Lipinski definition) is 6. The van der Waals surface area contributed by atoms with Crippen LogP contribution in [-0.4, -0.2) is 23.9 Å². The van der Waals surface area contributed by atoms with Gasteiger partial charge >= 0.3 is 18.3 Å². The Bertz CT molecular complexity index is 277. The van der Waals surface area contributed by atoms with Gasteiger partial charge in [0.05, 0.1) is 0 Å². The quantitative estimate of drug-likeness (QED) is 0.574. The van der Waals surface area contributed by atoms with Crippen LogP contribution in [0.2, 0.25) is 0 Å². The maximum Gasteiger partial charge on any atom is 0.520 e. The van der Waals surface area contributed by atoms with Crippen LogP contribution >= 0.6 is 0 Å². The zero-order chi connectivity index (χ0) is 9.69. The van der Waals surface area contributed by atoms with E-state index in [0.29, 0.717) is 6.42 Å². The van der Waals surface area contributed by atoms with E-state index in [2.05, 4.69) is 14.2 Å². The van der Waals surface area contributed by atoms with Crippen LogP contribution in [0, 0.1) is 0 Å². The highest BCUT2D eigenvalue weighted by Crippen LogP contribution is 2.46. The summed E-state index contributed by atoms with van der Waals surface area (Å²) in [7, 11) is 0. The van der Waals surface area contributed by atoms with E-state index in [1.807, 2.05) is 0 Å². The number of hydrogen-bond donors (Lipinski definition) is 0. The summed E-state index contributed by atoms with van der Waals surface area (Å²) in [5.74, 6) is -1.66. The van der Waals surface area contributed by atoms with Gasteiger partial charge in [0.15, 0.2) is 0 Å². The molecule has 1 atom stereocenters. The summed E-state index contributed by atoms with van der Waals surface area (Å²) in [6.07, 6.45) is -1.33. The lowest BCUT2D eigenvalue weighted by Gasteiger charge is -2.39. The summed E-state index contributed by atoms with van der Waals surface area (Å²) in [6.45, 7) is 3.34. The fraction of sp³-hybridized carbons (Fsp3) is 0.714. The lowest BCUT2D eigenvalue weighted by atomic mass is 10.00. The molecule has 2 rings (SSSR count). The summed E-state index contributed by atoms with van der Waals surface area (Å²) < 4.78 is 18.7. The predicted molar refractivity (Wildman–Crippen MR) is 36.6 cm³/mol. The van der Waals surface area contributed by atoms with Gasteiger partial charge in [-0.3, -0.25) is 0 Å². The molecule has 1 unspecified atom stereocenters. The number of ether oxygens (including phenoxy) is 4. The van der Waals surface area contributed by atoms with Crippen LogP contribution in [0.15, 0.2) is 0 Å². The zero-order valence-corrected chi connectivity index (χ0v) is 7.16. The maximum atomic E-state index is 10.8. The molecular formula is C7H8O6. The van der Waals surface area contributed by atoms with Crippen molar-refractivity contribution in [2.45, 2.75) is 31.8 Å². The molecule has 2 aliphatic heterocycles. The Hall–Kier alpha value is -1.46. The van der Waals surface area contributed by atoms with Crippen LogP contribution in [0.4, 0.5) is 9.59 Å². The first kappa shape index (κ1) is 8.15. The maximum absolute atomic E-state index is 10.8. The summed E-state index contributed by atoms with van der Waals surface area (Å²) in [5, 5.41) is 0. The number of cyclic esters (lactones) is 1. The van der Waals surface area contributed by atoms with Crippen molar-refractivity contribution in [3.8, 4) is 0 Å². The molecule has 6 nitrogen and oxygen atoms in total. The number of carbonyl (C=O) groups is 2. The van der Waals surface area contributed by atoms with E-state index in [9.17, 15) is 9.59 Å². The second-order valence-electron chi connectivity index (χ2n) is 3.05. The molecule has 13 heavy (non-hydrogen) atoms. The molecule has 2 heterocycles. The molecule has 0 amide bonds. The Morgan fingerprint density at radius 1 is 1.08 bits per heavy atom. The minimum absolute atomic E-state index is 0.423. The van der Waals surface area contributed by atoms with Crippen molar-refractivity contribution in [3.05, 3.63) is 0 Å². The van der Waals surface area contributed by atoms with Crippen molar-refractivity contribution in [2.24, 2.45) is 0 Å². The van der Waals surface area contributed by atoms with E-state index in [-0.39, 0.29) is 0 Å². The molecular weight excluding hydrogens is 180 g/mol. The van der Waals surface area contributed by atoms with Gasteiger partial charge in [-0.25, -0.2) is 9.59 Å². The Labute approximate surface area is 73.7 Å². The molecule has 2 saturated heterocycles. The van der Waals surface area contributed by atoms with Gasteiger partial charge in [0.2, 0.25) is 5.60 Å². The first-order chi connectivity index (χ1) is 6.01. The highest BCUT2D eigenvalue weighted by atomic mass is 17.1. The van der Waals surface area contributed by atoms with Crippen molar-refractivity contribution >= 4 is 12.3 Å². The second-order valence-corrected chi connectivity index (χ2v) is 3.05. The molecule has 0 N–H and O–H groups in total. The summed E-state index contributed by atoms with van der Waals surface area (Å²) in [6, 6.07) is 0. The van der Waals surface area contributed by atoms with Crippen LogP contribution in [0.25, 0.3) is 0 Å². The molecule has 2 aliphatic rings. The van der Waals surface area contributed by atoms with Gasteiger partial charge < -0.3 is 18.9 Å². The third-order valence-corrected chi connectivity index (χ3v) is 2.28. The monoisotopic (exact) mass is 188 g/mol. The van der Waals surface area contributed by atoms with Crippen molar-refractivity contribution < 1.29 is 28.5 Å². The first-order valence-electron chi connectivity index (χ1n) is 3.85. The molecule has 0 aromatic rings. The molecule has 2 fully saturated rings. The van der Waals surface area contributed by atoms with E-state index in [1.54, 1.807) is 13.8 Å². The van der Waals surface area contributed by atoms with E-state index < -0.39 is 23.9 Å². The fourth-order valence-corrected chi connectivity index (χ4v) is 1.26.